The number of rotatable bonds is 5. The van der Waals surface area contributed by atoms with Gasteiger partial charge in [-0.15, -0.1) is 0 Å². The highest BCUT2D eigenvalue weighted by Gasteiger charge is 2.09. The van der Waals surface area contributed by atoms with Gasteiger partial charge in [0.15, 0.2) is 0 Å². The van der Waals surface area contributed by atoms with Gasteiger partial charge in [-0.2, -0.15) is 0 Å². The predicted octanol–water partition coefficient (Wildman–Crippen LogP) is 1.13. The topological polar surface area (TPSA) is 63.3 Å². The van der Waals surface area contributed by atoms with Crippen LogP contribution in [0.2, 0.25) is 0 Å². The van der Waals surface area contributed by atoms with Gasteiger partial charge in [-0.1, -0.05) is 19.8 Å². The van der Waals surface area contributed by atoms with Crippen LogP contribution in [0, 0.1) is 0 Å². The summed E-state index contributed by atoms with van der Waals surface area (Å²) in [6, 6.07) is 0. The van der Waals surface area contributed by atoms with Crippen molar-refractivity contribution in [1.29, 1.82) is 0 Å². The third-order valence-electron chi connectivity index (χ3n) is 2.02. The van der Waals surface area contributed by atoms with E-state index in [4.69, 9.17) is 0 Å². The van der Waals surface area contributed by atoms with Crippen LogP contribution in [0.5, 0.6) is 0 Å². The van der Waals surface area contributed by atoms with Gasteiger partial charge in [-0.3, -0.25) is 4.98 Å². The van der Waals surface area contributed by atoms with E-state index in [1.807, 2.05) is 0 Å². The quantitative estimate of drug-likeness (QED) is 0.768. The van der Waals surface area contributed by atoms with Crippen molar-refractivity contribution in [3.8, 4) is 0 Å². The highest BCUT2D eigenvalue weighted by Crippen LogP contribution is 2.03. The van der Waals surface area contributed by atoms with Crippen LogP contribution in [0.1, 0.15) is 31.9 Å². The Labute approximate surface area is 82.6 Å². The number of nitrogens with zero attached hydrogens (tertiary/aromatic N) is 1. The Morgan fingerprint density at radius 3 is 3.07 bits per heavy atom. The van der Waals surface area contributed by atoms with Crippen molar-refractivity contribution in [3.05, 3.63) is 28.6 Å². The van der Waals surface area contributed by atoms with Gasteiger partial charge in [-0.25, -0.2) is 4.79 Å². The lowest BCUT2D eigenvalue weighted by Crippen LogP contribution is -2.18. The predicted molar refractivity (Wildman–Crippen MR) is 52.0 cm³/mol. The van der Waals surface area contributed by atoms with Gasteiger partial charge in [0.2, 0.25) is 0 Å². The summed E-state index contributed by atoms with van der Waals surface area (Å²) in [6.45, 7) is 2.06. The summed E-state index contributed by atoms with van der Waals surface area (Å²) in [5.41, 5.74) is -0.154. The average Bonchev–Trinajstić information content (AvgIpc) is 2.18. The highest BCUT2D eigenvalue weighted by atomic mass is 16.4. The Kier molecular flexibility index (Phi) is 4.32. The van der Waals surface area contributed by atoms with E-state index in [2.05, 4.69) is 16.3 Å². The van der Waals surface area contributed by atoms with Crippen LogP contribution in [0.15, 0.2) is 21.7 Å². The van der Waals surface area contributed by atoms with Gasteiger partial charge < -0.3 is 9.52 Å². The van der Waals surface area contributed by atoms with Gasteiger partial charge in [0.05, 0.1) is 12.3 Å². The molecule has 4 heteroatoms. The Morgan fingerprint density at radius 1 is 1.64 bits per heavy atom. The van der Waals surface area contributed by atoms with E-state index in [1.165, 1.54) is 12.5 Å². The van der Waals surface area contributed by atoms with Crippen LogP contribution >= 0.6 is 0 Å². The molecule has 0 aliphatic rings. The fourth-order valence-corrected chi connectivity index (χ4v) is 1.23. The summed E-state index contributed by atoms with van der Waals surface area (Å²) in [5, 5.41) is 9.54. The molecule has 1 aromatic heterocycles. The van der Waals surface area contributed by atoms with Crippen LogP contribution in [0.25, 0.3) is 0 Å². The van der Waals surface area contributed by atoms with Crippen molar-refractivity contribution in [2.75, 3.05) is 0 Å². The minimum Gasteiger partial charge on any atom is -0.428 e. The fraction of sp³-hybridized carbons (Fsp3) is 0.600. The molecule has 0 bridgehead atoms. The Balaban J connectivity index is 2.52. The van der Waals surface area contributed by atoms with E-state index in [0.29, 0.717) is 12.1 Å². The maximum atomic E-state index is 11.1. The van der Waals surface area contributed by atoms with Crippen LogP contribution in [0.4, 0.5) is 0 Å². The van der Waals surface area contributed by atoms with Crippen LogP contribution in [-0.2, 0) is 6.42 Å². The number of aromatic nitrogens is 1. The van der Waals surface area contributed by atoms with Crippen LogP contribution in [-0.4, -0.2) is 16.2 Å². The third-order valence-corrected chi connectivity index (χ3v) is 2.02. The lowest BCUT2D eigenvalue weighted by molar-refractivity contribution is 0.159. The largest absolute Gasteiger partial charge is 0.428 e. The van der Waals surface area contributed by atoms with E-state index >= 15 is 0 Å². The molecule has 0 amide bonds. The van der Waals surface area contributed by atoms with Crippen molar-refractivity contribution >= 4 is 0 Å². The second-order valence-electron chi connectivity index (χ2n) is 3.27. The molecule has 1 unspecified atom stereocenters. The Morgan fingerprint density at radius 2 is 2.43 bits per heavy atom. The van der Waals surface area contributed by atoms with Crippen molar-refractivity contribution in [1.82, 2.24) is 4.98 Å². The lowest BCUT2D eigenvalue weighted by atomic mass is 10.1. The number of unbranched alkanes of at least 4 members (excludes halogenated alkanes) is 1. The van der Waals surface area contributed by atoms with E-state index in [1.54, 1.807) is 0 Å². The minimum absolute atomic E-state index is 0.281. The van der Waals surface area contributed by atoms with Crippen LogP contribution in [0.3, 0.4) is 0 Å². The minimum atomic E-state index is -0.493. The average molecular weight is 197 g/mol. The molecule has 1 aromatic rings. The summed E-state index contributed by atoms with van der Waals surface area (Å²) in [5.74, 6) is 0. The van der Waals surface area contributed by atoms with Crippen molar-refractivity contribution in [2.24, 2.45) is 0 Å². The molecule has 0 saturated carbocycles. The lowest BCUT2D eigenvalue weighted by Gasteiger charge is -2.07. The maximum absolute atomic E-state index is 11.1. The second-order valence-corrected chi connectivity index (χ2v) is 3.27. The molecule has 0 saturated heterocycles. The SMILES string of the molecule is CCCCC(O)Cc1nccoc1=O. The molecule has 0 spiro atoms. The van der Waals surface area contributed by atoms with Crippen LogP contribution < -0.4 is 5.63 Å². The zero-order chi connectivity index (χ0) is 10.4. The summed E-state index contributed by atoms with van der Waals surface area (Å²) < 4.78 is 4.63. The Bertz CT molecular complexity index is 321. The van der Waals surface area contributed by atoms with Gasteiger partial charge in [-0.05, 0) is 6.42 Å². The first kappa shape index (κ1) is 10.9. The normalized spacial score (nSPS) is 12.7. The number of aliphatic hydroxyl groups is 1. The summed E-state index contributed by atoms with van der Waals surface area (Å²) >= 11 is 0. The third kappa shape index (κ3) is 3.30. The molecule has 1 N–H and O–H groups in total. The van der Waals surface area contributed by atoms with Gasteiger partial charge in [0, 0.05) is 6.42 Å². The first-order chi connectivity index (χ1) is 6.74. The highest BCUT2D eigenvalue weighted by molar-refractivity contribution is 4.94. The first-order valence-corrected chi connectivity index (χ1v) is 4.84. The molecule has 0 aliphatic carbocycles. The fourth-order valence-electron chi connectivity index (χ4n) is 1.23. The molecule has 78 valence electrons. The first-order valence-electron chi connectivity index (χ1n) is 4.84. The van der Waals surface area contributed by atoms with E-state index < -0.39 is 11.7 Å². The van der Waals surface area contributed by atoms with Gasteiger partial charge >= 0.3 is 5.63 Å². The zero-order valence-electron chi connectivity index (χ0n) is 8.27. The number of aliphatic hydroxyl groups excluding tert-OH is 1. The van der Waals surface area contributed by atoms with Crippen molar-refractivity contribution in [3.63, 3.8) is 0 Å². The van der Waals surface area contributed by atoms with Crippen molar-refractivity contribution < 1.29 is 9.52 Å². The Hall–Kier alpha value is -1.16. The van der Waals surface area contributed by atoms with E-state index in [-0.39, 0.29) is 6.42 Å². The maximum Gasteiger partial charge on any atom is 0.357 e. The van der Waals surface area contributed by atoms with E-state index in [9.17, 15) is 9.90 Å². The molecule has 14 heavy (non-hydrogen) atoms. The summed E-state index contributed by atoms with van der Waals surface area (Å²) in [7, 11) is 0. The molecule has 0 fully saturated rings. The molecule has 1 atom stereocenters. The van der Waals surface area contributed by atoms with Gasteiger partial charge in [0.1, 0.15) is 12.0 Å². The molecule has 1 heterocycles. The molecule has 0 aliphatic heterocycles. The van der Waals surface area contributed by atoms with Crippen molar-refractivity contribution in [2.45, 2.75) is 38.7 Å². The molecule has 0 radical (unpaired) electrons. The summed E-state index contributed by atoms with van der Waals surface area (Å²) in [4.78, 5) is 14.9. The van der Waals surface area contributed by atoms with E-state index in [0.717, 1.165) is 12.8 Å². The summed E-state index contributed by atoms with van der Waals surface area (Å²) in [6.07, 6.45) is 5.14. The zero-order valence-corrected chi connectivity index (χ0v) is 8.27. The molecule has 1 rings (SSSR count). The second kappa shape index (κ2) is 5.54. The number of hydrogen-bond donors (Lipinski definition) is 1. The number of hydrogen-bond acceptors (Lipinski definition) is 4. The molecule has 4 nitrogen and oxygen atoms in total. The standard InChI is InChI=1S/C10H15NO3/c1-2-3-4-8(12)7-9-10(13)14-6-5-11-9/h5-6,8,12H,2-4,7H2,1H3. The smallest absolute Gasteiger partial charge is 0.357 e. The monoisotopic (exact) mass is 197 g/mol. The molecular formula is C10H15NO3. The molecular weight excluding hydrogens is 182 g/mol. The molecule has 0 aromatic carbocycles. The van der Waals surface area contributed by atoms with Gasteiger partial charge in [0.25, 0.3) is 0 Å².